The molecule has 1 aromatic carbocycles. The molecule has 0 saturated carbocycles. The van der Waals surface area contributed by atoms with Gasteiger partial charge in [-0.25, -0.2) is 0 Å². The molecule has 4 nitrogen and oxygen atoms in total. The number of hydrogen-bond donors (Lipinski definition) is 0. The van der Waals surface area contributed by atoms with Crippen LogP contribution in [0.15, 0.2) is 59.3 Å². The van der Waals surface area contributed by atoms with Gasteiger partial charge < -0.3 is 9.32 Å². The Bertz CT molecular complexity index is 701. The van der Waals surface area contributed by atoms with Crippen molar-refractivity contribution in [2.75, 3.05) is 7.05 Å². The van der Waals surface area contributed by atoms with Gasteiger partial charge in [0.25, 0.3) is 5.91 Å². The molecule has 0 saturated heterocycles. The third kappa shape index (κ3) is 2.40. The molecule has 20 heavy (non-hydrogen) atoms. The van der Waals surface area contributed by atoms with Gasteiger partial charge >= 0.3 is 0 Å². The fourth-order valence-corrected chi connectivity index (χ4v) is 2.14. The first-order valence-corrected chi connectivity index (χ1v) is 6.37. The van der Waals surface area contributed by atoms with Crippen LogP contribution in [0.1, 0.15) is 16.1 Å². The predicted molar refractivity (Wildman–Crippen MR) is 76.2 cm³/mol. The number of furan rings is 1. The van der Waals surface area contributed by atoms with Gasteiger partial charge in [-0.05, 0) is 24.3 Å². The topological polar surface area (TPSA) is 46.3 Å². The predicted octanol–water partition coefficient (Wildman–Crippen LogP) is 3.10. The standard InChI is InChI=1S/C16H14N2O2/c1-18(16(19)12-6-8-17-9-7-12)11-14-10-13-4-2-3-5-15(13)20-14/h2-10H,11H2,1H3. The van der Waals surface area contributed by atoms with Gasteiger partial charge in [0.15, 0.2) is 0 Å². The molecule has 0 N–H and O–H groups in total. The van der Waals surface area contributed by atoms with Crippen molar-refractivity contribution in [1.82, 2.24) is 9.88 Å². The van der Waals surface area contributed by atoms with E-state index in [4.69, 9.17) is 4.42 Å². The smallest absolute Gasteiger partial charge is 0.254 e. The lowest BCUT2D eigenvalue weighted by atomic mass is 10.2. The summed E-state index contributed by atoms with van der Waals surface area (Å²) in [5.74, 6) is 0.726. The lowest BCUT2D eigenvalue weighted by molar-refractivity contribution is 0.0776. The summed E-state index contributed by atoms with van der Waals surface area (Å²) in [5.41, 5.74) is 1.46. The summed E-state index contributed by atoms with van der Waals surface area (Å²) >= 11 is 0. The van der Waals surface area contributed by atoms with Crippen molar-refractivity contribution in [2.45, 2.75) is 6.54 Å². The summed E-state index contributed by atoms with van der Waals surface area (Å²) in [6, 6.07) is 13.2. The molecule has 0 fully saturated rings. The zero-order valence-corrected chi connectivity index (χ0v) is 11.1. The monoisotopic (exact) mass is 266 g/mol. The van der Waals surface area contributed by atoms with Gasteiger partial charge in [-0.3, -0.25) is 9.78 Å². The van der Waals surface area contributed by atoms with E-state index in [1.54, 1.807) is 36.5 Å². The van der Waals surface area contributed by atoms with Crippen LogP contribution in [-0.2, 0) is 6.54 Å². The Morgan fingerprint density at radius 1 is 1.20 bits per heavy atom. The molecule has 4 heteroatoms. The quantitative estimate of drug-likeness (QED) is 0.731. The minimum absolute atomic E-state index is 0.0483. The van der Waals surface area contributed by atoms with Crippen LogP contribution < -0.4 is 0 Å². The van der Waals surface area contributed by atoms with Crippen molar-refractivity contribution in [3.05, 3.63) is 66.2 Å². The van der Waals surface area contributed by atoms with Crippen LogP contribution in [0.3, 0.4) is 0 Å². The van der Waals surface area contributed by atoms with Crippen LogP contribution >= 0.6 is 0 Å². The summed E-state index contributed by atoms with van der Waals surface area (Å²) in [4.78, 5) is 17.8. The first-order chi connectivity index (χ1) is 9.74. The number of benzene rings is 1. The molecule has 1 amide bonds. The van der Waals surface area contributed by atoms with Gasteiger partial charge in [0.05, 0.1) is 6.54 Å². The summed E-state index contributed by atoms with van der Waals surface area (Å²) in [5, 5.41) is 1.05. The zero-order chi connectivity index (χ0) is 13.9. The molecule has 0 radical (unpaired) electrons. The minimum atomic E-state index is -0.0483. The largest absolute Gasteiger partial charge is 0.459 e. The maximum Gasteiger partial charge on any atom is 0.254 e. The van der Waals surface area contributed by atoms with E-state index in [2.05, 4.69) is 4.98 Å². The molecule has 3 rings (SSSR count). The van der Waals surface area contributed by atoms with Gasteiger partial charge in [0.1, 0.15) is 11.3 Å². The fourth-order valence-electron chi connectivity index (χ4n) is 2.14. The van der Waals surface area contributed by atoms with Crippen molar-refractivity contribution < 1.29 is 9.21 Å². The number of hydrogen-bond acceptors (Lipinski definition) is 3. The van der Waals surface area contributed by atoms with E-state index in [9.17, 15) is 4.79 Å². The molecular formula is C16H14N2O2. The van der Waals surface area contributed by atoms with E-state index in [-0.39, 0.29) is 5.91 Å². The average Bonchev–Trinajstić information content (AvgIpc) is 2.89. The number of rotatable bonds is 3. The van der Waals surface area contributed by atoms with E-state index in [1.807, 2.05) is 30.3 Å². The van der Waals surface area contributed by atoms with E-state index < -0.39 is 0 Å². The third-order valence-corrected chi connectivity index (χ3v) is 3.14. The molecule has 2 heterocycles. The summed E-state index contributed by atoms with van der Waals surface area (Å²) in [7, 11) is 1.76. The molecule has 0 aliphatic heterocycles. The van der Waals surface area contributed by atoms with Gasteiger partial charge in [0, 0.05) is 30.4 Å². The molecule has 2 aromatic heterocycles. The number of carbonyl (C=O) groups is 1. The molecule has 0 spiro atoms. The van der Waals surface area contributed by atoms with Crippen LogP contribution in [0, 0.1) is 0 Å². The van der Waals surface area contributed by atoms with E-state index in [0.717, 1.165) is 16.7 Å². The first-order valence-electron chi connectivity index (χ1n) is 6.37. The van der Waals surface area contributed by atoms with Crippen molar-refractivity contribution >= 4 is 16.9 Å². The molecule has 0 bridgehead atoms. The molecule has 0 aliphatic rings. The van der Waals surface area contributed by atoms with E-state index in [1.165, 1.54) is 0 Å². The Labute approximate surface area is 116 Å². The van der Waals surface area contributed by atoms with Crippen LogP contribution in [0.5, 0.6) is 0 Å². The highest BCUT2D eigenvalue weighted by atomic mass is 16.3. The number of nitrogens with zero attached hydrogens (tertiary/aromatic N) is 2. The minimum Gasteiger partial charge on any atom is -0.459 e. The second-order valence-electron chi connectivity index (χ2n) is 4.65. The number of pyridine rings is 1. The number of fused-ring (bicyclic) bond motifs is 1. The van der Waals surface area contributed by atoms with E-state index >= 15 is 0 Å². The number of aromatic nitrogens is 1. The highest BCUT2D eigenvalue weighted by Crippen LogP contribution is 2.20. The Morgan fingerprint density at radius 2 is 1.95 bits per heavy atom. The molecular weight excluding hydrogens is 252 g/mol. The fraction of sp³-hybridized carbons (Fsp3) is 0.125. The SMILES string of the molecule is CN(Cc1cc2ccccc2o1)C(=O)c1ccncc1. The first kappa shape index (κ1) is 12.4. The molecule has 3 aromatic rings. The average molecular weight is 266 g/mol. The number of para-hydroxylation sites is 1. The summed E-state index contributed by atoms with van der Waals surface area (Å²) in [6.07, 6.45) is 3.23. The van der Waals surface area contributed by atoms with Crippen LogP contribution in [0.2, 0.25) is 0 Å². The Hall–Kier alpha value is -2.62. The van der Waals surface area contributed by atoms with Gasteiger partial charge in [0.2, 0.25) is 0 Å². The van der Waals surface area contributed by atoms with Crippen molar-refractivity contribution in [3.63, 3.8) is 0 Å². The number of amides is 1. The van der Waals surface area contributed by atoms with Crippen molar-refractivity contribution in [2.24, 2.45) is 0 Å². The van der Waals surface area contributed by atoms with E-state index in [0.29, 0.717) is 12.1 Å². The highest BCUT2D eigenvalue weighted by Gasteiger charge is 2.13. The van der Waals surface area contributed by atoms with Crippen LogP contribution in [0.25, 0.3) is 11.0 Å². The third-order valence-electron chi connectivity index (χ3n) is 3.14. The van der Waals surface area contributed by atoms with Gasteiger partial charge in [-0.15, -0.1) is 0 Å². The highest BCUT2D eigenvalue weighted by molar-refractivity contribution is 5.93. The molecule has 0 atom stereocenters. The lowest BCUT2D eigenvalue weighted by Crippen LogP contribution is -2.25. The normalized spacial score (nSPS) is 10.7. The number of carbonyl (C=O) groups excluding carboxylic acids is 1. The zero-order valence-electron chi connectivity index (χ0n) is 11.1. The second kappa shape index (κ2) is 5.17. The molecule has 0 unspecified atom stereocenters. The molecule has 100 valence electrons. The summed E-state index contributed by atoms with van der Waals surface area (Å²) in [6.45, 7) is 0.440. The van der Waals surface area contributed by atoms with Gasteiger partial charge in [-0.2, -0.15) is 0 Å². The van der Waals surface area contributed by atoms with Crippen molar-refractivity contribution in [3.8, 4) is 0 Å². The van der Waals surface area contributed by atoms with Crippen molar-refractivity contribution in [1.29, 1.82) is 0 Å². The van der Waals surface area contributed by atoms with Crippen LogP contribution in [-0.4, -0.2) is 22.8 Å². The maximum atomic E-state index is 12.2. The van der Waals surface area contributed by atoms with Gasteiger partial charge in [-0.1, -0.05) is 18.2 Å². The second-order valence-corrected chi connectivity index (χ2v) is 4.65. The summed E-state index contributed by atoms with van der Waals surface area (Å²) < 4.78 is 5.72. The maximum absolute atomic E-state index is 12.2. The van der Waals surface area contributed by atoms with Crippen LogP contribution in [0.4, 0.5) is 0 Å². The molecule has 0 aliphatic carbocycles. The Balaban J connectivity index is 1.78. The Morgan fingerprint density at radius 3 is 2.70 bits per heavy atom. The lowest BCUT2D eigenvalue weighted by Gasteiger charge is -2.15. The Kier molecular flexibility index (Phi) is 3.21.